The fourth-order valence-corrected chi connectivity index (χ4v) is 5.71. The van der Waals surface area contributed by atoms with E-state index in [4.69, 9.17) is 4.98 Å². The van der Waals surface area contributed by atoms with Crippen molar-refractivity contribution in [1.29, 1.82) is 0 Å². The first kappa shape index (κ1) is 21.2. The molecule has 30 heavy (non-hydrogen) atoms. The molecule has 4 rings (SSSR count). The number of aromatic nitrogens is 2. The number of amides is 2. The molecule has 0 spiro atoms. The molecule has 1 aromatic heterocycles. The molecule has 2 aliphatic rings. The van der Waals surface area contributed by atoms with E-state index in [1.54, 1.807) is 0 Å². The van der Waals surface area contributed by atoms with Crippen LogP contribution in [0.1, 0.15) is 46.0 Å². The Hall–Kier alpha value is -2.02. The molecule has 162 valence electrons. The van der Waals surface area contributed by atoms with E-state index in [-0.39, 0.29) is 18.4 Å². The number of rotatable bonds is 6. The predicted octanol–water partition coefficient (Wildman–Crippen LogP) is 3.69. The number of hydrogen-bond acceptors (Lipinski definition) is 4. The quantitative estimate of drug-likeness (QED) is 0.713. The van der Waals surface area contributed by atoms with Crippen LogP contribution in [0.25, 0.3) is 11.0 Å². The van der Waals surface area contributed by atoms with Gasteiger partial charge in [0.15, 0.2) is 5.16 Å². The number of carbonyl (C=O) groups excluding carboxylic acids is 2. The Morgan fingerprint density at radius 3 is 2.57 bits per heavy atom. The van der Waals surface area contributed by atoms with E-state index < -0.39 is 0 Å². The number of para-hydroxylation sites is 2. The van der Waals surface area contributed by atoms with Crippen molar-refractivity contribution in [3.63, 3.8) is 0 Å². The van der Waals surface area contributed by atoms with Gasteiger partial charge in [-0.25, -0.2) is 4.98 Å². The number of nitrogens with zero attached hydrogens (tertiary/aromatic N) is 3. The SMILES string of the molecule is C[C@@H]1C[C@H](C)CN(C(=O)Cn2c(SCC(=O)NC3CCCC3)nc3ccccc32)C1. The van der Waals surface area contributed by atoms with Crippen molar-refractivity contribution in [1.82, 2.24) is 19.8 Å². The van der Waals surface area contributed by atoms with Crippen LogP contribution >= 0.6 is 11.8 Å². The number of thioether (sulfide) groups is 1. The second-order valence-electron chi connectivity index (χ2n) is 9.05. The van der Waals surface area contributed by atoms with E-state index in [9.17, 15) is 9.59 Å². The van der Waals surface area contributed by atoms with Gasteiger partial charge in [-0.3, -0.25) is 9.59 Å². The first-order valence-corrected chi connectivity index (χ1v) is 12.1. The highest BCUT2D eigenvalue weighted by Gasteiger charge is 2.26. The molecule has 2 atom stereocenters. The molecule has 2 heterocycles. The molecule has 2 aromatic rings. The monoisotopic (exact) mass is 428 g/mol. The summed E-state index contributed by atoms with van der Waals surface area (Å²) in [5.41, 5.74) is 1.81. The zero-order chi connectivity index (χ0) is 21.1. The summed E-state index contributed by atoms with van der Waals surface area (Å²) in [6, 6.07) is 8.21. The molecule has 1 aliphatic carbocycles. The van der Waals surface area contributed by atoms with Gasteiger partial charge in [0, 0.05) is 19.1 Å². The first-order chi connectivity index (χ1) is 14.5. The Bertz CT molecular complexity index is 896. The zero-order valence-electron chi connectivity index (χ0n) is 18.0. The topological polar surface area (TPSA) is 67.2 Å². The molecule has 0 bridgehead atoms. The van der Waals surface area contributed by atoms with Crippen molar-refractivity contribution >= 4 is 34.6 Å². The molecule has 6 nitrogen and oxygen atoms in total. The molecule has 1 saturated heterocycles. The first-order valence-electron chi connectivity index (χ1n) is 11.1. The maximum Gasteiger partial charge on any atom is 0.242 e. The van der Waals surface area contributed by atoms with Crippen LogP contribution in [0, 0.1) is 11.8 Å². The summed E-state index contributed by atoms with van der Waals surface area (Å²) in [6.07, 6.45) is 5.73. The van der Waals surface area contributed by atoms with Gasteiger partial charge in [0.2, 0.25) is 11.8 Å². The van der Waals surface area contributed by atoms with E-state index in [2.05, 4.69) is 19.2 Å². The zero-order valence-corrected chi connectivity index (χ0v) is 18.8. The number of imidazole rings is 1. The minimum atomic E-state index is 0.0514. The van der Waals surface area contributed by atoms with Gasteiger partial charge in [-0.2, -0.15) is 0 Å². The lowest BCUT2D eigenvalue weighted by Crippen LogP contribution is -2.44. The molecule has 0 unspecified atom stereocenters. The lowest BCUT2D eigenvalue weighted by Gasteiger charge is -2.35. The minimum Gasteiger partial charge on any atom is -0.353 e. The predicted molar refractivity (Wildman–Crippen MR) is 120 cm³/mol. The molecule has 1 N–H and O–H groups in total. The van der Waals surface area contributed by atoms with Gasteiger partial charge in [-0.15, -0.1) is 0 Å². The third kappa shape index (κ3) is 4.99. The molecule has 7 heteroatoms. The number of likely N-dealkylation sites (tertiary alicyclic amines) is 1. The van der Waals surface area contributed by atoms with Gasteiger partial charge >= 0.3 is 0 Å². The van der Waals surface area contributed by atoms with Crippen molar-refractivity contribution in [2.45, 2.75) is 63.7 Å². The molecule has 2 fully saturated rings. The Labute approximate surface area is 182 Å². The molecule has 0 radical (unpaired) electrons. The van der Waals surface area contributed by atoms with Crippen LogP contribution in [0.5, 0.6) is 0 Å². The average molecular weight is 429 g/mol. The van der Waals surface area contributed by atoms with E-state index in [0.717, 1.165) is 42.1 Å². The fraction of sp³-hybridized carbons (Fsp3) is 0.609. The number of piperidine rings is 1. The highest BCUT2D eigenvalue weighted by Crippen LogP contribution is 2.26. The smallest absolute Gasteiger partial charge is 0.242 e. The van der Waals surface area contributed by atoms with Crippen molar-refractivity contribution < 1.29 is 9.59 Å². The molecule has 1 aliphatic heterocycles. The van der Waals surface area contributed by atoms with Gasteiger partial charge in [-0.1, -0.05) is 50.6 Å². The Balaban J connectivity index is 1.47. The van der Waals surface area contributed by atoms with Gasteiger partial charge in [0.25, 0.3) is 0 Å². The largest absolute Gasteiger partial charge is 0.353 e. The Kier molecular flexibility index (Phi) is 6.66. The Morgan fingerprint density at radius 2 is 1.83 bits per heavy atom. The number of benzene rings is 1. The van der Waals surface area contributed by atoms with Gasteiger partial charge in [-0.05, 0) is 43.2 Å². The summed E-state index contributed by atoms with van der Waals surface area (Å²) in [7, 11) is 0. The summed E-state index contributed by atoms with van der Waals surface area (Å²) in [5, 5.41) is 3.87. The minimum absolute atomic E-state index is 0.0514. The molecule has 1 aromatic carbocycles. The summed E-state index contributed by atoms with van der Waals surface area (Å²) in [6.45, 7) is 6.34. The van der Waals surface area contributed by atoms with Crippen molar-refractivity contribution in [3.05, 3.63) is 24.3 Å². The lowest BCUT2D eigenvalue weighted by molar-refractivity contribution is -0.134. The third-order valence-electron chi connectivity index (χ3n) is 6.19. The molecular formula is C23H32N4O2S. The molecule has 1 saturated carbocycles. The summed E-state index contributed by atoms with van der Waals surface area (Å²) in [4.78, 5) is 32.2. The van der Waals surface area contributed by atoms with Crippen molar-refractivity contribution in [2.75, 3.05) is 18.8 Å². The van der Waals surface area contributed by atoms with Crippen LogP contribution < -0.4 is 5.32 Å². The summed E-state index contributed by atoms with van der Waals surface area (Å²) in [5.74, 6) is 1.58. The summed E-state index contributed by atoms with van der Waals surface area (Å²) < 4.78 is 1.98. The van der Waals surface area contributed by atoms with Gasteiger partial charge in [0.1, 0.15) is 6.54 Å². The number of nitrogens with one attached hydrogen (secondary N) is 1. The maximum absolute atomic E-state index is 13.1. The van der Waals surface area contributed by atoms with Crippen LogP contribution in [0.2, 0.25) is 0 Å². The molecular weight excluding hydrogens is 396 g/mol. The standard InChI is InChI=1S/C23H32N4O2S/c1-16-11-17(2)13-26(12-16)22(29)14-27-20-10-6-5-9-19(20)25-23(27)30-15-21(28)24-18-7-3-4-8-18/h5-6,9-10,16-18H,3-4,7-8,11-15H2,1-2H3,(H,24,28)/t16-,17+. The van der Waals surface area contributed by atoms with Crippen LogP contribution in [0.15, 0.2) is 29.4 Å². The van der Waals surface area contributed by atoms with E-state index >= 15 is 0 Å². The third-order valence-corrected chi connectivity index (χ3v) is 7.16. The van der Waals surface area contributed by atoms with Gasteiger partial charge < -0.3 is 14.8 Å². The Morgan fingerprint density at radius 1 is 1.13 bits per heavy atom. The normalized spacial score (nSPS) is 22.5. The fourth-order valence-electron chi connectivity index (χ4n) is 4.89. The molecule has 2 amide bonds. The average Bonchev–Trinajstić information content (AvgIpc) is 3.34. The lowest BCUT2D eigenvalue weighted by atomic mass is 9.92. The van der Waals surface area contributed by atoms with Crippen molar-refractivity contribution in [3.8, 4) is 0 Å². The maximum atomic E-state index is 13.1. The number of fused-ring (bicyclic) bond motifs is 1. The second kappa shape index (κ2) is 9.41. The summed E-state index contributed by atoms with van der Waals surface area (Å²) >= 11 is 1.42. The number of hydrogen-bond donors (Lipinski definition) is 1. The van der Waals surface area contributed by atoms with E-state index in [0.29, 0.717) is 23.6 Å². The highest BCUT2D eigenvalue weighted by atomic mass is 32.2. The van der Waals surface area contributed by atoms with E-state index in [1.165, 1.54) is 31.0 Å². The van der Waals surface area contributed by atoms with Crippen LogP contribution in [0.3, 0.4) is 0 Å². The number of carbonyl (C=O) groups is 2. The van der Waals surface area contributed by atoms with E-state index in [1.807, 2.05) is 33.7 Å². The second-order valence-corrected chi connectivity index (χ2v) is 9.99. The van der Waals surface area contributed by atoms with Crippen LogP contribution in [-0.2, 0) is 16.1 Å². The highest BCUT2D eigenvalue weighted by molar-refractivity contribution is 7.99. The van der Waals surface area contributed by atoms with Crippen LogP contribution in [0.4, 0.5) is 0 Å². The van der Waals surface area contributed by atoms with Gasteiger partial charge in [0.05, 0.1) is 16.8 Å². The van der Waals surface area contributed by atoms with Crippen LogP contribution in [-0.4, -0.2) is 51.1 Å². The van der Waals surface area contributed by atoms with Crippen molar-refractivity contribution in [2.24, 2.45) is 11.8 Å².